The lowest BCUT2D eigenvalue weighted by molar-refractivity contribution is -0.110. The lowest BCUT2D eigenvalue weighted by Gasteiger charge is -2.04. The number of rotatable bonds is 4. The molecule has 0 saturated heterocycles. The molecule has 1 atom stereocenters. The number of hydrogen-bond acceptors (Lipinski definition) is 1. The van der Waals surface area contributed by atoms with Crippen molar-refractivity contribution in [2.45, 2.75) is 27.2 Å². The molecule has 15 heavy (non-hydrogen) atoms. The number of hydrogen-bond donors (Lipinski definition) is 0. The first-order valence-corrected chi connectivity index (χ1v) is 5.31. The van der Waals surface area contributed by atoms with Crippen LogP contribution in [0.3, 0.4) is 0 Å². The molecule has 0 aliphatic heterocycles. The Labute approximate surface area is 91.8 Å². The average molecular weight is 202 g/mol. The average Bonchev–Trinajstić information content (AvgIpc) is 2.21. The second-order valence-corrected chi connectivity index (χ2v) is 4.22. The standard InChI is InChI=1S/C14H18O/c1-11-4-6-14(7-5-11)9-12(2)8-13(3)10-15/h4-7,9-10,13H,8H2,1-3H3. The molecule has 1 unspecified atom stereocenters. The van der Waals surface area contributed by atoms with Crippen LogP contribution < -0.4 is 0 Å². The highest BCUT2D eigenvalue weighted by Crippen LogP contribution is 2.14. The first kappa shape index (κ1) is 11.7. The summed E-state index contributed by atoms with van der Waals surface area (Å²) in [5, 5.41) is 0. The Balaban J connectivity index is 2.69. The van der Waals surface area contributed by atoms with Crippen LogP contribution in [0.4, 0.5) is 0 Å². The largest absolute Gasteiger partial charge is 0.303 e. The third-order valence-corrected chi connectivity index (χ3v) is 2.37. The van der Waals surface area contributed by atoms with Gasteiger partial charge in [-0.15, -0.1) is 0 Å². The summed E-state index contributed by atoms with van der Waals surface area (Å²) in [7, 11) is 0. The van der Waals surface area contributed by atoms with E-state index in [1.165, 1.54) is 16.7 Å². The van der Waals surface area contributed by atoms with Gasteiger partial charge in [-0.05, 0) is 25.8 Å². The minimum Gasteiger partial charge on any atom is -0.303 e. The lowest BCUT2D eigenvalue weighted by atomic mass is 10.0. The van der Waals surface area contributed by atoms with Crippen LogP contribution in [-0.2, 0) is 4.79 Å². The number of benzene rings is 1. The van der Waals surface area contributed by atoms with E-state index in [4.69, 9.17) is 0 Å². The van der Waals surface area contributed by atoms with Crippen LogP contribution in [0.15, 0.2) is 29.8 Å². The van der Waals surface area contributed by atoms with Gasteiger partial charge in [0.1, 0.15) is 6.29 Å². The zero-order valence-electron chi connectivity index (χ0n) is 9.66. The van der Waals surface area contributed by atoms with E-state index >= 15 is 0 Å². The topological polar surface area (TPSA) is 17.1 Å². The van der Waals surface area contributed by atoms with E-state index in [2.05, 4.69) is 44.2 Å². The van der Waals surface area contributed by atoms with E-state index in [0.29, 0.717) is 0 Å². The minimum atomic E-state index is 0.117. The quantitative estimate of drug-likeness (QED) is 0.681. The minimum absolute atomic E-state index is 0.117. The molecule has 0 amide bonds. The number of aldehydes is 1. The molecular weight excluding hydrogens is 184 g/mol. The van der Waals surface area contributed by atoms with Gasteiger partial charge >= 0.3 is 0 Å². The van der Waals surface area contributed by atoms with Crippen molar-refractivity contribution in [2.75, 3.05) is 0 Å². The van der Waals surface area contributed by atoms with Crippen LogP contribution in [0, 0.1) is 12.8 Å². The van der Waals surface area contributed by atoms with E-state index < -0.39 is 0 Å². The molecule has 80 valence electrons. The van der Waals surface area contributed by atoms with Gasteiger partial charge in [0.2, 0.25) is 0 Å². The predicted octanol–water partition coefficient (Wildman–Crippen LogP) is 3.62. The normalized spacial score (nSPS) is 13.7. The van der Waals surface area contributed by atoms with E-state index in [9.17, 15) is 4.79 Å². The molecule has 0 N–H and O–H groups in total. The molecule has 0 aliphatic rings. The van der Waals surface area contributed by atoms with Crippen LogP contribution in [0.2, 0.25) is 0 Å². The first-order chi connectivity index (χ1) is 7.11. The summed E-state index contributed by atoms with van der Waals surface area (Å²) in [4.78, 5) is 10.5. The molecule has 1 aromatic carbocycles. The van der Waals surface area contributed by atoms with Crippen LogP contribution >= 0.6 is 0 Å². The fourth-order valence-electron chi connectivity index (χ4n) is 1.56. The van der Waals surface area contributed by atoms with Crippen molar-refractivity contribution in [2.24, 2.45) is 5.92 Å². The zero-order valence-corrected chi connectivity index (χ0v) is 9.66. The van der Waals surface area contributed by atoms with Crippen LogP contribution in [0.25, 0.3) is 6.08 Å². The molecule has 0 spiro atoms. The molecule has 0 radical (unpaired) electrons. The second kappa shape index (κ2) is 5.50. The monoisotopic (exact) mass is 202 g/mol. The fraction of sp³-hybridized carbons (Fsp3) is 0.357. The molecule has 0 aromatic heterocycles. The third kappa shape index (κ3) is 4.11. The maximum absolute atomic E-state index is 10.5. The van der Waals surface area contributed by atoms with Gasteiger partial charge in [-0.1, -0.05) is 48.4 Å². The van der Waals surface area contributed by atoms with E-state index in [0.717, 1.165) is 12.7 Å². The Morgan fingerprint density at radius 1 is 1.33 bits per heavy atom. The molecule has 1 rings (SSSR count). The van der Waals surface area contributed by atoms with E-state index in [-0.39, 0.29) is 5.92 Å². The van der Waals surface area contributed by atoms with Crippen molar-refractivity contribution in [1.29, 1.82) is 0 Å². The van der Waals surface area contributed by atoms with E-state index in [1.807, 2.05) is 6.92 Å². The van der Waals surface area contributed by atoms with Gasteiger partial charge in [-0.3, -0.25) is 0 Å². The summed E-state index contributed by atoms with van der Waals surface area (Å²) in [5.74, 6) is 0.117. The van der Waals surface area contributed by atoms with Crippen molar-refractivity contribution in [3.8, 4) is 0 Å². The van der Waals surface area contributed by atoms with Gasteiger partial charge in [0.25, 0.3) is 0 Å². The molecule has 0 fully saturated rings. The van der Waals surface area contributed by atoms with Crippen LogP contribution in [-0.4, -0.2) is 6.29 Å². The van der Waals surface area contributed by atoms with Gasteiger partial charge in [0, 0.05) is 5.92 Å². The Kier molecular flexibility index (Phi) is 4.29. The van der Waals surface area contributed by atoms with Gasteiger partial charge in [-0.25, -0.2) is 0 Å². The predicted molar refractivity (Wildman–Crippen MR) is 64.7 cm³/mol. The van der Waals surface area contributed by atoms with Crippen molar-refractivity contribution in [1.82, 2.24) is 0 Å². The number of carbonyl (C=O) groups is 1. The highest BCUT2D eigenvalue weighted by atomic mass is 16.1. The maximum Gasteiger partial charge on any atom is 0.123 e. The Morgan fingerprint density at radius 2 is 1.93 bits per heavy atom. The summed E-state index contributed by atoms with van der Waals surface area (Å²) in [6, 6.07) is 8.40. The van der Waals surface area contributed by atoms with Crippen molar-refractivity contribution in [3.63, 3.8) is 0 Å². The number of allylic oxidation sites excluding steroid dienone is 1. The second-order valence-electron chi connectivity index (χ2n) is 4.22. The SMILES string of the molecule is CC(=Cc1ccc(C)cc1)CC(C)C=O. The molecule has 0 heterocycles. The Hall–Kier alpha value is -1.37. The maximum atomic E-state index is 10.5. The van der Waals surface area contributed by atoms with Gasteiger partial charge < -0.3 is 4.79 Å². The van der Waals surface area contributed by atoms with Crippen molar-refractivity contribution >= 4 is 12.4 Å². The lowest BCUT2D eigenvalue weighted by Crippen LogP contribution is -1.95. The molecular formula is C14H18O. The summed E-state index contributed by atoms with van der Waals surface area (Å²) < 4.78 is 0. The summed E-state index contributed by atoms with van der Waals surface area (Å²) in [5.41, 5.74) is 3.72. The smallest absolute Gasteiger partial charge is 0.123 e. The highest BCUT2D eigenvalue weighted by Gasteiger charge is 2.00. The van der Waals surface area contributed by atoms with Crippen LogP contribution in [0.5, 0.6) is 0 Å². The third-order valence-electron chi connectivity index (χ3n) is 2.37. The van der Waals surface area contributed by atoms with Gasteiger partial charge in [0.05, 0.1) is 0 Å². The molecule has 0 bridgehead atoms. The molecule has 0 aliphatic carbocycles. The van der Waals surface area contributed by atoms with E-state index in [1.54, 1.807) is 0 Å². The van der Waals surface area contributed by atoms with Crippen molar-refractivity contribution in [3.05, 3.63) is 41.0 Å². The molecule has 1 nitrogen and oxygen atoms in total. The molecule has 1 heteroatoms. The summed E-state index contributed by atoms with van der Waals surface area (Å²) in [6.45, 7) is 6.09. The van der Waals surface area contributed by atoms with Gasteiger partial charge in [0.15, 0.2) is 0 Å². The van der Waals surface area contributed by atoms with Crippen LogP contribution in [0.1, 0.15) is 31.4 Å². The Bertz CT molecular complexity index is 346. The first-order valence-electron chi connectivity index (χ1n) is 5.31. The van der Waals surface area contributed by atoms with Gasteiger partial charge in [-0.2, -0.15) is 0 Å². The highest BCUT2D eigenvalue weighted by molar-refractivity contribution is 5.57. The molecule has 0 saturated carbocycles. The summed E-state index contributed by atoms with van der Waals surface area (Å²) in [6.07, 6.45) is 3.99. The Morgan fingerprint density at radius 3 is 2.47 bits per heavy atom. The number of aryl methyl sites for hydroxylation is 1. The number of carbonyl (C=O) groups excluding carboxylic acids is 1. The fourth-order valence-corrected chi connectivity index (χ4v) is 1.56. The van der Waals surface area contributed by atoms with Crippen molar-refractivity contribution < 1.29 is 4.79 Å². The molecule has 1 aromatic rings. The summed E-state index contributed by atoms with van der Waals surface area (Å²) >= 11 is 0. The zero-order chi connectivity index (χ0) is 11.3.